The molecule has 0 radical (unpaired) electrons. The van der Waals surface area contributed by atoms with E-state index in [0.29, 0.717) is 5.76 Å². The number of allylic oxidation sites excluding steroid dienone is 1. The van der Waals surface area contributed by atoms with Crippen molar-refractivity contribution in [1.82, 2.24) is 4.98 Å². The van der Waals surface area contributed by atoms with E-state index in [1.165, 1.54) is 6.39 Å². The quantitative estimate of drug-likeness (QED) is 0.622. The van der Waals surface area contributed by atoms with Gasteiger partial charge in [0, 0.05) is 21.9 Å². The van der Waals surface area contributed by atoms with Crippen molar-refractivity contribution in [3.63, 3.8) is 0 Å². The van der Waals surface area contributed by atoms with E-state index in [4.69, 9.17) is 9.15 Å². The van der Waals surface area contributed by atoms with Crippen LogP contribution in [0.5, 0.6) is 5.75 Å². The molecular weight excluding hydrogens is 368 g/mol. The smallest absolute Gasteiger partial charge is 0.181 e. The predicted octanol–water partition coefficient (Wildman–Crippen LogP) is 5.59. The molecule has 0 aliphatic rings. The predicted molar refractivity (Wildman–Crippen MR) is 99.9 cm³/mol. The van der Waals surface area contributed by atoms with Gasteiger partial charge in [-0.3, -0.25) is 0 Å². The maximum atomic E-state index is 5.50. The number of oxazole rings is 1. The molecule has 0 aliphatic carbocycles. The molecule has 4 nitrogen and oxygen atoms in total. The van der Waals surface area contributed by atoms with Crippen LogP contribution in [0.3, 0.4) is 0 Å². The highest BCUT2D eigenvalue weighted by molar-refractivity contribution is 9.10. The lowest BCUT2D eigenvalue weighted by molar-refractivity contribution is 0.415. The summed E-state index contributed by atoms with van der Waals surface area (Å²) in [6.45, 7) is 2.00. The molecule has 3 rings (SSSR count). The number of rotatable bonds is 5. The van der Waals surface area contributed by atoms with Gasteiger partial charge in [-0.1, -0.05) is 34.1 Å². The number of anilines is 1. The van der Waals surface area contributed by atoms with Crippen LogP contribution in [0.4, 0.5) is 5.69 Å². The van der Waals surface area contributed by atoms with Crippen LogP contribution in [-0.2, 0) is 0 Å². The molecule has 0 unspecified atom stereocenters. The largest absolute Gasteiger partial charge is 0.496 e. The molecule has 1 aromatic heterocycles. The van der Waals surface area contributed by atoms with Gasteiger partial charge in [0.2, 0.25) is 0 Å². The zero-order valence-corrected chi connectivity index (χ0v) is 15.0. The standard InChI is InChI=1S/C19H17BrN2O2/c1-3-17(13-5-4-6-14(20)9-13)22-15-7-8-16(18(10-15)23-2)19-11-21-12-24-19/h3-12,22H,1-2H3. The number of hydrogen-bond acceptors (Lipinski definition) is 4. The summed E-state index contributed by atoms with van der Waals surface area (Å²) in [5.74, 6) is 1.40. The van der Waals surface area contributed by atoms with Gasteiger partial charge in [0.25, 0.3) is 0 Å². The SMILES string of the molecule is CC=C(Nc1ccc(-c2cnco2)c(OC)c1)c1cccc(Br)c1. The normalized spacial score (nSPS) is 11.4. The second-order valence-electron chi connectivity index (χ2n) is 5.12. The first kappa shape index (κ1) is 16.3. The van der Waals surface area contributed by atoms with Crippen molar-refractivity contribution in [3.05, 3.63) is 71.2 Å². The number of nitrogens with one attached hydrogen (secondary N) is 1. The Hall–Kier alpha value is -2.53. The summed E-state index contributed by atoms with van der Waals surface area (Å²) in [6, 6.07) is 14.0. The summed E-state index contributed by atoms with van der Waals surface area (Å²) >= 11 is 3.51. The number of benzene rings is 2. The molecule has 0 bridgehead atoms. The van der Waals surface area contributed by atoms with Crippen LogP contribution in [0, 0.1) is 0 Å². The first-order valence-corrected chi connectivity index (χ1v) is 8.26. The molecule has 5 heteroatoms. The summed E-state index contributed by atoms with van der Waals surface area (Å²) < 4.78 is 11.9. The van der Waals surface area contributed by atoms with Gasteiger partial charge in [-0.15, -0.1) is 0 Å². The van der Waals surface area contributed by atoms with Gasteiger partial charge < -0.3 is 14.5 Å². The first-order valence-electron chi connectivity index (χ1n) is 7.47. The van der Waals surface area contributed by atoms with Crippen LogP contribution in [0.1, 0.15) is 12.5 Å². The molecule has 122 valence electrons. The summed E-state index contributed by atoms with van der Waals surface area (Å²) in [5, 5.41) is 3.43. The molecule has 3 aromatic rings. The van der Waals surface area contributed by atoms with Gasteiger partial charge in [-0.2, -0.15) is 0 Å². The lowest BCUT2D eigenvalue weighted by Crippen LogP contribution is -1.99. The minimum Gasteiger partial charge on any atom is -0.496 e. The molecular formula is C19H17BrN2O2. The first-order chi connectivity index (χ1) is 11.7. The summed E-state index contributed by atoms with van der Waals surface area (Å²) in [6.07, 6.45) is 5.12. The lowest BCUT2D eigenvalue weighted by atomic mass is 10.1. The average molecular weight is 385 g/mol. The van der Waals surface area contributed by atoms with E-state index < -0.39 is 0 Å². The third-order valence-corrected chi connectivity index (χ3v) is 4.10. The van der Waals surface area contributed by atoms with Crippen molar-refractivity contribution in [3.8, 4) is 17.1 Å². The van der Waals surface area contributed by atoms with Gasteiger partial charge in [0.05, 0.1) is 18.9 Å². The molecule has 1 heterocycles. The Balaban J connectivity index is 1.90. The van der Waals surface area contributed by atoms with Gasteiger partial charge in [-0.25, -0.2) is 4.98 Å². The van der Waals surface area contributed by atoms with Gasteiger partial charge in [-0.05, 0) is 36.8 Å². The minimum absolute atomic E-state index is 0.677. The van der Waals surface area contributed by atoms with Gasteiger partial charge >= 0.3 is 0 Å². The van der Waals surface area contributed by atoms with E-state index in [1.54, 1.807) is 13.3 Å². The number of methoxy groups -OCH3 is 1. The van der Waals surface area contributed by atoms with Crippen LogP contribution in [0.25, 0.3) is 17.0 Å². The summed E-state index contributed by atoms with van der Waals surface area (Å²) in [4.78, 5) is 3.95. The fourth-order valence-electron chi connectivity index (χ4n) is 2.44. The maximum Gasteiger partial charge on any atom is 0.181 e. The molecule has 0 spiro atoms. The highest BCUT2D eigenvalue weighted by atomic mass is 79.9. The van der Waals surface area contributed by atoms with Crippen molar-refractivity contribution in [2.75, 3.05) is 12.4 Å². The van der Waals surface area contributed by atoms with Crippen molar-refractivity contribution < 1.29 is 9.15 Å². The summed E-state index contributed by atoms with van der Waals surface area (Å²) in [5.41, 5.74) is 3.92. The highest BCUT2D eigenvalue weighted by Crippen LogP contribution is 2.33. The third kappa shape index (κ3) is 3.51. The number of hydrogen-bond donors (Lipinski definition) is 1. The number of aromatic nitrogens is 1. The summed E-state index contributed by atoms with van der Waals surface area (Å²) in [7, 11) is 1.64. The maximum absolute atomic E-state index is 5.50. The molecule has 0 aliphatic heterocycles. The Kier molecular flexibility index (Phi) is 5.01. The molecule has 0 atom stereocenters. The van der Waals surface area contributed by atoms with Crippen LogP contribution in [0.2, 0.25) is 0 Å². The topological polar surface area (TPSA) is 47.3 Å². The van der Waals surface area contributed by atoms with E-state index in [9.17, 15) is 0 Å². The second-order valence-corrected chi connectivity index (χ2v) is 6.03. The Morgan fingerprint density at radius 3 is 2.79 bits per heavy atom. The van der Waals surface area contributed by atoms with Crippen molar-refractivity contribution >= 4 is 27.3 Å². The van der Waals surface area contributed by atoms with E-state index in [0.717, 1.165) is 32.7 Å². The van der Waals surface area contributed by atoms with E-state index in [1.807, 2.05) is 43.3 Å². The zero-order valence-electron chi connectivity index (χ0n) is 13.4. The van der Waals surface area contributed by atoms with Crippen LogP contribution >= 0.6 is 15.9 Å². The van der Waals surface area contributed by atoms with Crippen LogP contribution in [-0.4, -0.2) is 12.1 Å². The van der Waals surface area contributed by atoms with E-state index in [-0.39, 0.29) is 0 Å². The molecule has 2 aromatic carbocycles. The third-order valence-electron chi connectivity index (χ3n) is 3.60. The van der Waals surface area contributed by atoms with Crippen molar-refractivity contribution in [2.45, 2.75) is 6.92 Å². The Labute approximate surface area is 149 Å². The van der Waals surface area contributed by atoms with Gasteiger partial charge in [0.15, 0.2) is 12.2 Å². The van der Waals surface area contributed by atoms with Crippen LogP contribution in [0.15, 0.2) is 70.0 Å². The Bertz CT molecular complexity index is 858. The lowest BCUT2D eigenvalue weighted by Gasteiger charge is -2.14. The molecule has 1 N–H and O–H groups in total. The van der Waals surface area contributed by atoms with Gasteiger partial charge in [0.1, 0.15) is 5.75 Å². The fraction of sp³-hybridized carbons (Fsp3) is 0.105. The molecule has 0 fully saturated rings. The minimum atomic E-state index is 0.677. The van der Waals surface area contributed by atoms with Crippen LogP contribution < -0.4 is 10.1 Å². The zero-order chi connectivity index (χ0) is 16.9. The van der Waals surface area contributed by atoms with E-state index in [2.05, 4.69) is 38.4 Å². The number of ether oxygens (including phenoxy) is 1. The Morgan fingerprint density at radius 1 is 1.25 bits per heavy atom. The Morgan fingerprint density at radius 2 is 2.12 bits per heavy atom. The number of halogens is 1. The average Bonchev–Trinajstić information content (AvgIpc) is 3.13. The number of nitrogens with zero attached hydrogens (tertiary/aromatic N) is 1. The van der Waals surface area contributed by atoms with E-state index >= 15 is 0 Å². The molecule has 24 heavy (non-hydrogen) atoms. The molecule has 0 saturated carbocycles. The highest BCUT2D eigenvalue weighted by Gasteiger charge is 2.11. The molecule has 0 amide bonds. The fourth-order valence-corrected chi connectivity index (χ4v) is 2.84. The molecule has 0 saturated heterocycles. The van der Waals surface area contributed by atoms with Crippen molar-refractivity contribution in [2.24, 2.45) is 0 Å². The second kappa shape index (κ2) is 7.36. The van der Waals surface area contributed by atoms with Crippen molar-refractivity contribution in [1.29, 1.82) is 0 Å². The monoisotopic (exact) mass is 384 g/mol.